The van der Waals surface area contributed by atoms with E-state index in [9.17, 15) is 9.90 Å². The van der Waals surface area contributed by atoms with Crippen LogP contribution in [0.5, 0.6) is 0 Å². The molecule has 0 radical (unpaired) electrons. The molecular weight excluding hydrogens is 284 g/mol. The lowest BCUT2D eigenvalue weighted by molar-refractivity contribution is 0.0599. The number of halogens is 1. The number of aliphatic hydroxyl groups is 1. The maximum Gasteiger partial charge on any atom is 0.319 e. The second-order valence-electron chi connectivity index (χ2n) is 4.53. The molecule has 0 saturated heterocycles. The van der Waals surface area contributed by atoms with Crippen molar-refractivity contribution in [1.29, 1.82) is 0 Å². The number of thioether (sulfide) groups is 1. The van der Waals surface area contributed by atoms with Gasteiger partial charge in [-0.05, 0) is 37.5 Å². The monoisotopic (exact) mass is 302 g/mol. The van der Waals surface area contributed by atoms with Gasteiger partial charge in [-0.25, -0.2) is 4.79 Å². The molecule has 1 unspecified atom stereocenters. The molecule has 1 aromatic rings. The molecule has 1 atom stereocenters. The number of hydrogen-bond donors (Lipinski definition) is 3. The highest BCUT2D eigenvalue weighted by Crippen LogP contribution is 2.20. The van der Waals surface area contributed by atoms with E-state index in [-0.39, 0.29) is 12.6 Å². The third-order valence-electron chi connectivity index (χ3n) is 2.60. The molecule has 0 spiro atoms. The Balaban J connectivity index is 2.42. The number of anilines is 1. The number of rotatable bonds is 6. The number of urea groups is 1. The van der Waals surface area contributed by atoms with Gasteiger partial charge in [0.1, 0.15) is 0 Å². The van der Waals surface area contributed by atoms with Crippen molar-refractivity contribution in [3.8, 4) is 0 Å². The number of carbonyl (C=O) groups excluding carboxylic acids is 1. The molecular formula is C13H19ClN2O2S. The Kier molecular flexibility index (Phi) is 6.48. The number of nitrogens with one attached hydrogen (secondary N) is 2. The minimum absolute atomic E-state index is 0.198. The molecule has 0 aliphatic heterocycles. The number of hydrogen-bond acceptors (Lipinski definition) is 3. The molecule has 3 N–H and O–H groups in total. The molecule has 6 heteroatoms. The van der Waals surface area contributed by atoms with Crippen molar-refractivity contribution in [2.24, 2.45) is 0 Å². The van der Waals surface area contributed by atoms with Crippen molar-refractivity contribution < 1.29 is 9.90 Å². The van der Waals surface area contributed by atoms with Gasteiger partial charge in [-0.2, -0.15) is 11.8 Å². The standard InChI is InChI=1S/C13H19ClN2O2S/c1-13(18,7-8-19-2)9-15-12(17)16-11-6-4-3-5-10(11)14/h3-6,18H,7-9H2,1-2H3,(H2,15,16,17). The quantitative estimate of drug-likeness (QED) is 0.757. The second-order valence-corrected chi connectivity index (χ2v) is 5.92. The normalized spacial score (nSPS) is 13.7. The van der Waals surface area contributed by atoms with Gasteiger partial charge in [0, 0.05) is 6.54 Å². The van der Waals surface area contributed by atoms with E-state index in [1.54, 1.807) is 43.0 Å². The van der Waals surface area contributed by atoms with E-state index in [2.05, 4.69) is 10.6 Å². The van der Waals surface area contributed by atoms with Gasteiger partial charge in [0.05, 0.1) is 16.3 Å². The van der Waals surface area contributed by atoms with E-state index in [0.717, 1.165) is 5.75 Å². The highest BCUT2D eigenvalue weighted by molar-refractivity contribution is 7.98. The molecule has 0 heterocycles. The zero-order valence-corrected chi connectivity index (χ0v) is 12.6. The maximum atomic E-state index is 11.7. The average Bonchev–Trinajstić information content (AvgIpc) is 2.37. The third-order valence-corrected chi connectivity index (χ3v) is 3.54. The molecule has 2 amide bonds. The van der Waals surface area contributed by atoms with E-state index in [1.807, 2.05) is 6.26 Å². The summed E-state index contributed by atoms with van der Waals surface area (Å²) in [4.78, 5) is 11.7. The smallest absolute Gasteiger partial charge is 0.319 e. The van der Waals surface area contributed by atoms with Gasteiger partial charge in [-0.15, -0.1) is 0 Å². The largest absolute Gasteiger partial charge is 0.388 e. The Hall–Kier alpha value is -0.910. The Morgan fingerprint density at radius 3 is 2.79 bits per heavy atom. The summed E-state index contributed by atoms with van der Waals surface area (Å²) in [6.07, 6.45) is 2.61. The van der Waals surface area contributed by atoms with Crippen LogP contribution < -0.4 is 10.6 Å². The number of carbonyl (C=O) groups is 1. The lowest BCUT2D eigenvalue weighted by Gasteiger charge is -2.23. The average molecular weight is 303 g/mol. The van der Waals surface area contributed by atoms with Gasteiger partial charge in [0.25, 0.3) is 0 Å². The molecule has 0 aliphatic rings. The van der Waals surface area contributed by atoms with Crippen LogP contribution in [0.1, 0.15) is 13.3 Å². The van der Waals surface area contributed by atoms with E-state index in [1.165, 1.54) is 0 Å². The van der Waals surface area contributed by atoms with E-state index in [0.29, 0.717) is 17.1 Å². The van der Waals surface area contributed by atoms with Gasteiger partial charge < -0.3 is 15.7 Å². The molecule has 0 saturated carbocycles. The predicted octanol–water partition coefficient (Wildman–Crippen LogP) is 2.97. The molecule has 0 aromatic heterocycles. The van der Waals surface area contributed by atoms with E-state index < -0.39 is 5.60 Å². The van der Waals surface area contributed by atoms with Crippen molar-refractivity contribution in [1.82, 2.24) is 5.32 Å². The van der Waals surface area contributed by atoms with Gasteiger partial charge in [-0.1, -0.05) is 23.7 Å². The summed E-state index contributed by atoms with van der Waals surface area (Å²) in [5, 5.41) is 15.8. The Morgan fingerprint density at radius 1 is 1.47 bits per heavy atom. The minimum atomic E-state index is -0.902. The SMILES string of the molecule is CSCCC(C)(O)CNC(=O)Nc1ccccc1Cl. The first-order chi connectivity index (χ1) is 8.94. The van der Waals surface area contributed by atoms with Crippen LogP contribution in [0, 0.1) is 0 Å². The highest BCUT2D eigenvalue weighted by Gasteiger charge is 2.20. The van der Waals surface area contributed by atoms with Crippen LogP contribution in [0.25, 0.3) is 0 Å². The minimum Gasteiger partial charge on any atom is -0.388 e. The molecule has 19 heavy (non-hydrogen) atoms. The van der Waals surface area contributed by atoms with Gasteiger partial charge in [-0.3, -0.25) is 0 Å². The fraction of sp³-hybridized carbons (Fsp3) is 0.462. The lowest BCUT2D eigenvalue weighted by atomic mass is 10.0. The van der Waals surface area contributed by atoms with Crippen molar-refractivity contribution in [2.45, 2.75) is 18.9 Å². The number of benzene rings is 1. The molecule has 4 nitrogen and oxygen atoms in total. The Morgan fingerprint density at radius 2 is 2.16 bits per heavy atom. The van der Waals surface area contributed by atoms with E-state index >= 15 is 0 Å². The zero-order valence-electron chi connectivity index (χ0n) is 11.1. The molecule has 1 rings (SSSR count). The first-order valence-electron chi connectivity index (χ1n) is 5.95. The second kappa shape index (κ2) is 7.62. The third kappa shape index (κ3) is 6.18. The summed E-state index contributed by atoms with van der Waals surface area (Å²) in [6.45, 7) is 1.91. The molecule has 1 aromatic carbocycles. The summed E-state index contributed by atoms with van der Waals surface area (Å²) in [5.41, 5.74) is -0.355. The van der Waals surface area contributed by atoms with Gasteiger partial charge >= 0.3 is 6.03 Å². The first-order valence-corrected chi connectivity index (χ1v) is 7.72. The molecule has 0 aliphatic carbocycles. The molecule has 106 valence electrons. The molecule has 0 bridgehead atoms. The van der Waals surface area contributed by atoms with Crippen LogP contribution in [-0.2, 0) is 0 Å². The fourth-order valence-electron chi connectivity index (χ4n) is 1.41. The van der Waals surface area contributed by atoms with Crippen LogP contribution >= 0.6 is 23.4 Å². The zero-order chi connectivity index (χ0) is 14.3. The lowest BCUT2D eigenvalue weighted by Crippen LogP contribution is -2.42. The summed E-state index contributed by atoms with van der Waals surface area (Å²) < 4.78 is 0. The van der Waals surface area contributed by atoms with Crippen LogP contribution in [0.3, 0.4) is 0 Å². The van der Waals surface area contributed by atoms with Crippen LogP contribution in [0.4, 0.5) is 10.5 Å². The van der Waals surface area contributed by atoms with Crippen LogP contribution in [0.15, 0.2) is 24.3 Å². The van der Waals surface area contributed by atoms with Crippen molar-refractivity contribution in [3.05, 3.63) is 29.3 Å². The number of para-hydroxylation sites is 1. The van der Waals surface area contributed by atoms with Gasteiger partial charge in [0.2, 0.25) is 0 Å². The topological polar surface area (TPSA) is 61.4 Å². The summed E-state index contributed by atoms with van der Waals surface area (Å²) >= 11 is 7.59. The van der Waals surface area contributed by atoms with Crippen molar-refractivity contribution in [3.63, 3.8) is 0 Å². The summed E-state index contributed by atoms with van der Waals surface area (Å²) in [5.74, 6) is 0.848. The Bertz CT molecular complexity index is 427. The fourth-order valence-corrected chi connectivity index (χ4v) is 2.24. The summed E-state index contributed by atoms with van der Waals surface area (Å²) in [7, 11) is 0. The first kappa shape index (κ1) is 16.1. The van der Waals surface area contributed by atoms with Crippen molar-refractivity contribution in [2.75, 3.05) is 23.9 Å². The van der Waals surface area contributed by atoms with Crippen molar-refractivity contribution >= 4 is 35.1 Å². The van der Waals surface area contributed by atoms with Gasteiger partial charge in [0.15, 0.2) is 0 Å². The Labute approximate surface area is 122 Å². The molecule has 0 fully saturated rings. The van der Waals surface area contributed by atoms with E-state index in [4.69, 9.17) is 11.6 Å². The highest BCUT2D eigenvalue weighted by atomic mass is 35.5. The predicted molar refractivity (Wildman–Crippen MR) is 82.1 cm³/mol. The number of amides is 2. The van der Waals surface area contributed by atoms with Crippen LogP contribution in [-0.4, -0.2) is 35.3 Å². The maximum absolute atomic E-state index is 11.7. The summed E-state index contributed by atoms with van der Waals surface area (Å²) in [6, 6.07) is 6.62. The van der Waals surface area contributed by atoms with Crippen LogP contribution in [0.2, 0.25) is 5.02 Å².